The molecule has 2 N–H and O–H groups in total. The van der Waals surface area contributed by atoms with Crippen molar-refractivity contribution in [2.24, 2.45) is 11.1 Å². The van der Waals surface area contributed by atoms with Crippen molar-refractivity contribution in [2.75, 3.05) is 12.3 Å². The zero-order valence-electron chi connectivity index (χ0n) is 11.8. The highest BCUT2D eigenvalue weighted by atomic mass is 35.5. The Kier molecular flexibility index (Phi) is 6.32. The van der Waals surface area contributed by atoms with Crippen LogP contribution in [0.15, 0.2) is 23.1 Å². The molecule has 0 aliphatic carbocycles. The molecule has 0 heterocycles. The second kappa shape index (κ2) is 7.12. The van der Waals surface area contributed by atoms with Gasteiger partial charge in [0, 0.05) is 5.02 Å². The van der Waals surface area contributed by atoms with E-state index in [1.807, 2.05) is 0 Å². The van der Waals surface area contributed by atoms with Crippen molar-refractivity contribution in [3.8, 4) is 0 Å². The Bertz CT molecular complexity index is 556. The maximum Gasteiger partial charge on any atom is 0.179 e. The van der Waals surface area contributed by atoms with E-state index in [1.54, 1.807) is 6.07 Å². The van der Waals surface area contributed by atoms with E-state index < -0.39 is 9.84 Å². The van der Waals surface area contributed by atoms with Crippen molar-refractivity contribution < 1.29 is 8.42 Å². The summed E-state index contributed by atoms with van der Waals surface area (Å²) in [4.78, 5) is 0.116. The summed E-state index contributed by atoms with van der Waals surface area (Å²) in [5.41, 5.74) is 5.70. The fraction of sp³-hybridized carbons (Fsp3) is 0.571. The molecule has 0 atom stereocenters. The molecule has 0 bridgehead atoms. The standard InChI is InChI=1S/C14H21Cl2NO2S/c1-14(2,10-17)7-3-4-8-20(18,19)13-9-11(15)5-6-12(13)16/h5-6,9H,3-4,7-8,10,17H2,1-2H3. The smallest absolute Gasteiger partial charge is 0.179 e. The first-order chi connectivity index (χ1) is 9.18. The monoisotopic (exact) mass is 337 g/mol. The minimum atomic E-state index is -3.39. The summed E-state index contributed by atoms with van der Waals surface area (Å²) in [5.74, 6) is 0.0771. The van der Waals surface area contributed by atoms with E-state index in [1.165, 1.54) is 12.1 Å². The summed E-state index contributed by atoms with van der Waals surface area (Å²) in [7, 11) is -3.39. The molecule has 0 spiro atoms. The molecule has 1 rings (SSSR count). The highest BCUT2D eigenvalue weighted by molar-refractivity contribution is 7.91. The van der Waals surface area contributed by atoms with Crippen molar-refractivity contribution in [3.63, 3.8) is 0 Å². The normalized spacial score (nSPS) is 12.7. The van der Waals surface area contributed by atoms with E-state index in [0.29, 0.717) is 18.0 Å². The van der Waals surface area contributed by atoms with Crippen LogP contribution in [0, 0.1) is 5.41 Å². The fourth-order valence-electron chi connectivity index (χ4n) is 1.82. The Hall–Kier alpha value is -0.290. The highest BCUT2D eigenvalue weighted by Crippen LogP contribution is 2.27. The molecule has 0 saturated heterocycles. The fourth-order valence-corrected chi connectivity index (χ4v) is 4.01. The van der Waals surface area contributed by atoms with Crippen LogP contribution in [0.2, 0.25) is 10.0 Å². The molecule has 0 unspecified atom stereocenters. The second-order valence-electron chi connectivity index (χ2n) is 5.72. The summed E-state index contributed by atoms with van der Waals surface area (Å²) in [6, 6.07) is 4.49. The molecule has 0 aliphatic heterocycles. The van der Waals surface area contributed by atoms with Gasteiger partial charge in [0.05, 0.1) is 15.7 Å². The van der Waals surface area contributed by atoms with Gasteiger partial charge in [-0.2, -0.15) is 0 Å². The number of hydrogen-bond donors (Lipinski definition) is 1. The van der Waals surface area contributed by atoms with Gasteiger partial charge in [-0.25, -0.2) is 8.42 Å². The van der Waals surface area contributed by atoms with Crippen LogP contribution in [-0.2, 0) is 9.84 Å². The summed E-state index contributed by atoms with van der Waals surface area (Å²) in [5, 5.41) is 0.592. The molecular weight excluding hydrogens is 317 g/mol. The van der Waals surface area contributed by atoms with Crippen molar-refractivity contribution in [3.05, 3.63) is 28.2 Å². The van der Waals surface area contributed by atoms with Crippen LogP contribution < -0.4 is 5.73 Å². The lowest BCUT2D eigenvalue weighted by Gasteiger charge is -2.21. The Morgan fingerprint density at radius 2 is 1.85 bits per heavy atom. The van der Waals surface area contributed by atoms with E-state index in [0.717, 1.165) is 12.8 Å². The number of unbranched alkanes of at least 4 members (excludes halogenated alkanes) is 1. The number of rotatable bonds is 7. The first-order valence-corrected chi connectivity index (χ1v) is 8.97. The summed E-state index contributed by atoms with van der Waals surface area (Å²) < 4.78 is 24.5. The van der Waals surface area contributed by atoms with Gasteiger partial charge in [0.25, 0.3) is 0 Å². The first kappa shape index (κ1) is 17.8. The van der Waals surface area contributed by atoms with Crippen LogP contribution in [0.4, 0.5) is 0 Å². The van der Waals surface area contributed by atoms with Gasteiger partial charge < -0.3 is 5.73 Å². The van der Waals surface area contributed by atoms with Gasteiger partial charge in [0.2, 0.25) is 0 Å². The molecular formula is C14H21Cl2NO2S. The van der Waals surface area contributed by atoms with Crippen LogP contribution in [0.25, 0.3) is 0 Å². The lowest BCUT2D eigenvalue weighted by molar-refractivity contribution is 0.335. The third-order valence-corrected chi connectivity index (χ3v) is 5.81. The van der Waals surface area contributed by atoms with Crippen molar-refractivity contribution in [2.45, 2.75) is 38.0 Å². The average Bonchev–Trinajstić information content (AvgIpc) is 2.37. The van der Waals surface area contributed by atoms with E-state index in [4.69, 9.17) is 28.9 Å². The predicted molar refractivity (Wildman–Crippen MR) is 85.2 cm³/mol. The predicted octanol–water partition coefficient (Wildman–Crippen LogP) is 3.92. The van der Waals surface area contributed by atoms with Gasteiger partial charge in [0.1, 0.15) is 0 Å². The van der Waals surface area contributed by atoms with Gasteiger partial charge in [-0.3, -0.25) is 0 Å². The lowest BCUT2D eigenvalue weighted by atomic mass is 9.88. The largest absolute Gasteiger partial charge is 0.330 e. The minimum absolute atomic E-state index is 0.0530. The SMILES string of the molecule is CC(C)(CN)CCCCS(=O)(=O)c1cc(Cl)ccc1Cl. The Balaban J connectivity index is 2.65. The van der Waals surface area contributed by atoms with Crippen molar-refractivity contribution in [1.29, 1.82) is 0 Å². The molecule has 3 nitrogen and oxygen atoms in total. The maximum atomic E-state index is 12.2. The van der Waals surface area contributed by atoms with Crippen LogP contribution in [0.5, 0.6) is 0 Å². The van der Waals surface area contributed by atoms with E-state index in [2.05, 4.69) is 13.8 Å². The zero-order valence-corrected chi connectivity index (χ0v) is 14.2. The molecule has 114 valence electrons. The van der Waals surface area contributed by atoms with Gasteiger partial charge in [-0.1, -0.05) is 43.5 Å². The van der Waals surface area contributed by atoms with Gasteiger partial charge >= 0.3 is 0 Å². The van der Waals surface area contributed by atoms with Crippen molar-refractivity contribution >= 4 is 33.0 Å². The number of sulfone groups is 1. The summed E-state index contributed by atoms with van der Waals surface area (Å²) >= 11 is 11.8. The van der Waals surface area contributed by atoms with Gasteiger partial charge in [-0.05, 0) is 43.0 Å². The Morgan fingerprint density at radius 1 is 1.20 bits per heavy atom. The van der Waals surface area contributed by atoms with Crippen LogP contribution in [-0.4, -0.2) is 20.7 Å². The molecule has 0 amide bonds. The molecule has 0 saturated carbocycles. The number of nitrogens with two attached hydrogens (primary N) is 1. The minimum Gasteiger partial charge on any atom is -0.330 e. The first-order valence-electron chi connectivity index (χ1n) is 6.56. The third kappa shape index (κ3) is 5.24. The molecule has 20 heavy (non-hydrogen) atoms. The van der Waals surface area contributed by atoms with Crippen molar-refractivity contribution in [1.82, 2.24) is 0 Å². The quantitative estimate of drug-likeness (QED) is 0.767. The number of benzene rings is 1. The van der Waals surface area contributed by atoms with Gasteiger partial charge in [-0.15, -0.1) is 0 Å². The van der Waals surface area contributed by atoms with Gasteiger partial charge in [0.15, 0.2) is 9.84 Å². The van der Waals surface area contributed by atoms with E-state index >= 15 is 0 Å². The van der Waals surface area contributed by atoms with Crippen LogP contribution in [0.1, 0.15) is 33.1 Å². The highest BCUT2D eigenvalue weighted by Gasteiger charge is 2.20. The number of hydrogen-bond acceptors (Lipinski definition) is 3. The van der Waals surface area contributed by atoms with Crippen LogP contribution >= 0.6 is 23.2 Å². The molecule has 0 fully saturated rings. The second-order valence-corrected chi connectivity index (χ2v) is 8.64. The Labute approximate surface area is 131 Å². The topological polar surface area (TPSA) is 60.2 Å². The zero-order chi connectivity index (χ0) is 15.4. The molecule has 0 aromatic heterocycles. The summed E-state index contributed by atoms with van der Waals surface area (Å²) in [6.45, 7) is 4.75. The molecule has 6 heteroatoms. The van der Waals surface area contributed by atoms with Crippen LogP contribution in [0.3, 0.4) is 0 Å². The van der Waals surface area contributed by atoms with E-state index in [9.17, 15) is 8.42 Å². The maximum absolute atomic E-state index is 12.2. The molecule has 1 aromatic rings. The Morgan fingerprint density at radius 3 is 2.45 bits per heavy atom. The lowest BCUT2D eigenvalue weighted by Crippen LogP contribution is -2.23. The molecule has 0 aliphatic rings. The number of halogens is 2. The average molecular weight is 338 g/mol. The molecule has 1 aromatic carbocycles. The third-order valence-electron chi connectivity index (χ3n) is 3.30. The summed E-state index contributed by atoms with van der Waals surface area (Å²) in [6.07, 6.45) is 2.32. The molecule has 0 radical (unpaired) electrons. The van der Waals surface area contributed by atoms with E-state index in [-0.39, 0.29) is 21.1 Å².